The lowest BCUT2D eigenvalue weighted by Crippen LogP contribution is -2.53. The summed E-state index contributed by atoms with van der Waals surface area (Å²) in [5.41, 5.74) is 1.13. The Kier molecular flexibility index (Phi) is 4.75. The van der Waals surface area contributed by atoms with E-state index < -0.39 is 0 Å². The van der Waals surface area contributed by atoms with Crippen LogP contribution in [-0.4, -0.2) is 82.6 Å². The summed E-state index contributed by atoms with van der Waals surface area (Å²) >= 11 is 0. The molecule has 1 aromatic rings. The zero-order chi connectivity index (χ0) is 17.4. The molecule has 3 saturated heterocycles. The standard InChI is InChI=1S/C19H28N4O2/c1-14-8-23(9-15(2)25-14)19(24)13-22-12-17-7-18(22)11-21(17)10-16-5-3-4-6-20-16/h3-6,14-15,17-18H,7-13H2,1-2H3. The van der Waals surface area contributed by atoms with Gasteiger partial charge in [-0.15, -0.1) is 0 Å². The number of carbonyl (C=O) groups is 1. The number of ether oxygens (including phenoxy) is 1. The highest BCUT2D eigenvalue weighted by Crippen LogP contribution is 2.31. The molecule has 0 aliphatic carbocycles. The molecule has 0 aromatic carbocycles. The quantitative estimate of drug-likeness (QED) is 0.815. The van der Waals surface area contributed by atoms with E-state index in [0.29, 0.717) is 18.6 Å². The Morgan fingerprint density at radius 1 is 1.12 bits per heavy atom. The van der Waals surface area contributed by atoms with E-state index in [-0.39, 0.29) is 18.1 Å². The first kappa shape index (κ1) is 16.9. The summed E-state index contributed by atoms with van der Waals surface area (Å²) in [7, 11) is 0. The summed E-state index contributed by atoms with van der Waals surface area (Å²) in [5, 5.41) is 0. The molecule has 4 rings (SSSR count). The van der Waals surface area contributed by atoms with E-state index in [9.17, 15) is 4.79 Å². The average Bonchev–Trinajstić information content (AvgIpc) is 3.14. The molecule has 4 atom stereocenters. The van der Waals surface area contributed by atoms with E-state index in [1.165, 1.54) is 6.42 Å². The van der Waals surface area contributed by atoms with Crippen LogP contribution in [0.5, 0.6) is 0 Å². The van der Waals surface area contributed by atoms with Gasteiger partial charge in [-0.2, -0.15) is 0 Å². The Bertz CT molecular complexity index is 601. The van der Waals surface area contributed by atoms with Crippen molar-refractivity contribution in [2.75, 3.05) is 32.7 Å². The Hall–Kier alpha value is -1.50. The van der Waals surface area contributed by atoms with E-state index in [1.807, 2.05) is 37.1 Å². The van der Waals surface area contributed by atoms with Crippen molar-refractivity contribution >= 4 is 5.91 Å². The molecule has 4 unspecified atom stereocenters. The van der Waals surface area contributed by atoms with Crippen molar-refractivity contribution in [2.45, 2.75) is 51.1 Å². The lowest BCUT2D eigenvalue weighted by atomic mass is 10.2. The lowest BCUT2D eigenvalue weighted by molar-refractivity contribution is -0.144. The molecule has 136 valence electrons. The van der Waals surface area contributed by atoms with Crippen LogP contribution < -0.4 is 0 Å². The SMILES string of the molecule is CC1CN(C(=O)CN2CC3CC2CN3Cc2ccccn2)CC(C)O1. The highest BCUT2D eigenvalue weighted by atomic mass is 16.5. The molecule has 1 aromatic heterocycles. The van der Waals surface area contributed by atoms with E-state index in [0.717, 1.165) is 38.4 Å². The maximum Gasteiger partial charge on any atom is 0.236 e. The number of pyridine rings is 1. The molecule has 0 N–H and O–H groups in total. The van der Waals surface area contributed by atoms with Crippen molar-refractivity contribution in [3.63, 3.8) is 0 Å². The summed E-state index contributed by atoms with van der Waals surface area (Å²) in [6.07, 6.45) is 3.31. The summed E-state index contributed by atoms with van der Waals surface area (Å²) in [6, 6.07) is 7.16. The van der Waals surface area contributed by atoms with Crippen LogP contribution >= 0.6 is 0 Å². The number of aromatic nitrogens is 1. The van der Waals surface area contributed by atoms with Gasteiger partial charge in [0.2, 0.25) is 5.91 Å². The molecule has 0 saturated carbocycles. The van der Waals surface area contributed by atoms with Gasteiger partial charge >= 0.3 is 0 Å². The Morgan fingerprint density at radius 3 is 2.48 bits per heavy atom. The van der Waals surface area contributed by atoms with Crippen LogP contribution in [0.2, 0.25) is 0 Å². The lowest BCUT2D eigenvalue weighted by Gasteiger charge is -2.38. The number of hydrogen-bond acceptors (Lipinski definition) is 5. The van der Waals surface area contributed by atoms with Crippen LogP contribution in [0.15, 0.2) is 24.4 Å². The number of piperazine rings is 1. The van der Waals surface area contributed by atoms with Crippen LogP contribution in [0.25, 0.3) is 0 Å². The molecule has 1 amide bonds. The van der Waals surface area contributed by atoms with E-state index in [1.54, 1.807) is 0 Å². The summed E-state index contributed by atoms with van der Waals surface area (Å²) < 4.78 is 5.74. The molecule has 3 aliphatic rings. The minimum atomic E-state index is 0.136. The smallest absolute Gasteiger partial charge is 0.236 e. The fraction of sp³-hybridized carbons (Fsp3) is 0.684. The van der Waals surface area contributed by atoms with Crippen LogP contribution in [-0.2, 0) is 16.1 Å². The number of fused-ring (bicyclic) bond motifs is 2. The minimum absolute atomic E-state index is 0.136. The van der Waals surface area contributed by atoms with Gasteiger partial charge in [0.15, 0.2) is 0 Å². The largest absolute Gasteiger partial charge is 0.372 e. The second-order valence-corrected chi connectivity index (χ2v) is 7.78. The molecule has 0 spiro atoms. The van der Waals surface area contributed by atoms with Crippen molar-refractivity contribution < 1.29 is 9.53 Å². The number of likely N-dealkylation sites (tertiary alicyclic amines) is 2. The summed E-state index contributed by atoms with van der Waals surface area (Å²) in [5.74, 6) is 0.255. The monoisotopic (exact) mass is 344 g/mol. The molecule has 6 nitrogen and oxygen atoms in total. The number of amides is 1. The first-order valence-corrected chi connectivity index (χ1v) is 9.39. The van der Waals surface area contributed by atoms with Gasteiger partial charge in [0, 0.05) is 51.0 Å². The van der Waals surface area contributed by atoms with Crippen LogP contribution in [0, 0.1) is 0 Å². The minimum Gasteiger partial charge on any atom is -0.372 e. The van der Waals surface area contributed by atoms with Gasteiger partial charge in [-0.1, -0.05) is 6.07 Å². The Balaban J connectivity index is 1.30. The highest BCUT2D eigenvalue weighted by Gasteiger charge is 2.44. The highest BCUT2D eigenvalue weighted by molar-refractivity contribution is 5.78. The van der Waals surface area contributed by atoms with Crippen LogP contribution in [0.1, 0.15) is 26.0 Å². The van der Waals surface area contributed by atoms with Crippen molar-refractivity contribution in [1.29, 1.82) is 0 Å². The van der Waals surface area contributed by atoms with Gasteiger partial charge in [-0.3, -0.25) is 19.6 Å². The third-order valence-corrected chi connectivity index (χ3v) is 5.67. The molecule has 2 bridgehead atoms. The third kappa shape index (κ3) is 3.71. The second kappa shape index (κ2) is 7.02. The second-order valence-electron chi connectivity index (χ2n) is 7.78. The van der Waals surface area contributed by atoms with Crippen molar-refractivity contribution in [2.24, 2.45) is 0 Å². The zero-order valence-corrected chi connectivity index (χ0v) is 15.2. The maximum atomic E-state index is 12.7. The molecule has 3 fully saturated rings. The fourth-order valence-electron chi connectivity index (χ4n) is 4.57. The molecular weight excluding hydrogens is 316 g/mol. The zero-order valence-electron chi connectivity index (χ0n) is 15.2. The third-order valence-electron chi connectivity index (χ3n) is 5.67. The molecule has 3 aliphatic heterocycles. The molecule has 0 radical (unpaired) electrons. The number of morpholine rings is 1. The molecule has 25 heavy (non-hydrogen) atoms. The van der Waals surface area contributed by atoms with Crippen molar-refractivity contribution in [1.82, 2.24) is 19.7 Å². The number of nitrogens with zero attached hydrogens (tertiary/aromatic N) is 4. The molecule has 6 heteroatoms. The number of rotatable bonds is 4. The first-order valence-electron chi connectivity index (χ1n) is 9.39. The van der Waals surface area contributed by atoms with Crippen LogP contribution in [0.3, 0.4) is 0 Å². The van der Waals surface area contributed by atoms with Crippen LogP contribution in [0.4, 0.5) is 0 Å². The van der Waals surface area contributed by atoms with Gasteiger partial charge in [0.25, 0.3) is 0 Å². The van der Waals surface area contributed by atoms with E-state index >= 15 is 0 Å². The van der Waals surface area contributed by atoms with Gasteiger partial charge in [0.1, 0.15) is 0 Å². The van der Waals surface area contributed by atoms with Gasteiger partial charge in [-0.25, -0.2) is 0 Å². The molecule has 4 heterocycles. The first-order chi connectivity index (χ1) is 12.1. The number of carbonyl (C=O) groups excluding carboxylic acids is 1. The predicted octanol–water partition coefficient (Wildman–Crippen LogP) is 0.976. The topological polar surface area (TPSA) is 48.9 Å². The van der Waals surface area contributed by atoms with E-state index in [2.05, 4.69) is 20.9 Å². The van der Waals surface area contributed by atoms with Gasteiger partial charge < -0.3 is 9.64 Å². The predicted molar refractivity (Wildman–Crippen MR) is 95.0 cm³/mol. The van der Waals surface area contributed by atoms with Crippen molar-refractivity contribution in [3.8, 4) is 0 Å². The normalized spacial score (nSPS) is 33.1. The average molecular weight is 344 g/mol. The van der Waals surface area contributed by atoms with Crippen molar-refractivity contribution in [3.05, 3.63) is 30.1 Å². The summed E-state index contributed by atoms with van der Waals surface area (Å²) in [4.78, 5) is 24.0. The molecular formula is C19H28N4O2. The Morgan fingerprint density at radius 2 is 1.84 bits per heavy atom. The summed E-state index contributed by atoms with van der Waals surface area (Å²) in [6.45, 7) is 9.05. The van der Waals surface area contributed by atoms with Gasteiger partial charge in [0.05, 0.1) is 24.4 Å². The fourth-order valence-corrected chi connectivity index (χ4v) is 4.57. The van der Waals surface area contributed by atoms with E-state index in [4.69, 9.17) is 4.74 Å². The maximum absolute atomic E-state index is 12.7. The van der Waals surface area contributed by atoms with Gasteiger partial charge in [-0.05, 0) is 32.4 Å². The number of hydrogen-bond donors (Lipinski definition) is 0. The Labute approximate surface area is 149 Å².